The fourth-order valence-electron chi connectivity index (χ4n) is 1.67. The molecule has 0 radical (unpaired) electrons. The van der Waals surface area contributed by atoms with Crippen molar-refractivity contribution < 1.29 is 14.0 Å². The Morgan fingerprint density at radius 2 is 1.83 bits per heavy atom. The van der Waals surface area contributed by atoms with Gasteiger partial charge in [0.05, 0.1) is 18.3 Å². The van der Waals surface area contributed by atoms with E-state index >= 15 is 0 Å². The van der Waals surface area contributed by atoms with Gasteiger partial charge >= 0.3 is 0 Å². The first kappa shape index (κ1) is 16.8. The lowest BCUT2D eigenvalue weighted by Gasteiger charge is -2.04. The number of carbonyl (C=O) groups is 2. The van der Waals surface area contributed by atoms with Crippen LogP contribution in [0.15, 0.2) is 58.1 Å². The number of nitrogens with one attached hydrogen (secondary N) is 2. The Morgan fingerprint density at radius 3 is 2.52 bits per heavy atom. The van der Waals surface area contributed by atoms with Crippen molar-refractivity contribution in [2.24, 2.45) is 5.10 Å². The van der Waals surface area contributed by atoms with E-state index in [9.17, 15) is 14.0 Å². The molecule has 2 aromatic rings. The number of nitrogens with zero attached hydrogens (tertiary/aromatic N) is 1. The first-order chi connectivity index (χ1) is 11.1. The summed E-state index contributed by atoms with van der Waals surface area (Å²) < 4.78 is 14.3. The smallest absolute Gasteiger partial charge is 0.259 e. The van der Waals surface area contributed by atoms with Gasteiger partial charge in [-0.05, 0) is 29.8 Å². The van der Waals surface area contributed by atoms with Crippen molar-refractivity contribution in [2.45, 2.75) is 0 Å². The van der Waals surface area contributed by atoms with Crippen LogP contribution in [0, 0.1) is 5.82 Å². The molecule has 2 amide bonds. The van der Waals surface area contributed by atoms with E-state index in [1.807, 2.05) is 24.3 Å². The maximum absolute atomic E-state index is 13.4. The molecule has 0 fully saturated rings. The van der Waals surface area contributed by atoms with Crippen molar-refractivity contribution in [3.63, 3.8) is 0 Å². The van der Waals surface area contributed by atoms with Crippen molar-refractivity contribution in [3.8, 4) is 0 Å². The van der Waals surface area contributed by atoms with Crippen LogP contribution in [-0.2, 0) is 4.79 Å². The van der Waals surface area contributed by atoms with Crippen LogP contribution >= 0.6 is 15.9 Å². The van der Waals surface area contributed by atoms with Gasteiger partial charge in [0.15, 0.2) is 0 Å². The summed E-state index contributed by atoms with van der Waals surface area (Å²) in [7, 11) is 0. The second-order valence-corrected chi connectivity index (χ2v) is 5.42. The van der Waals surface area contributed by atoms with Gasteiger partial charge in [0.2, 0.25) is 0 Å². The summed E-state index contributed by atoms with van der Waals surface area (Å²) in [6.45, 7) is -0.301. The lowest BCUT2D eigenvalue weighted by Crippen LogP contribution is -2.35. The van der Waals surface area contributed by atoms with E-state index < -0.39 is 17.6 Å². The maximum atomic E-state index is 13.4. The lowest BCUT2D eigenvalue weighted by atomic mass is 10.2. The molecule has 0 spiro atoms. The van der Waals surface area contributed by atoms with E-state index in [0.29, 0.717) is 0 Å². The Kier molecular flexibility index (Phi) is 5.99. The van der Waals surface area contributed by atoms with E-state index in [1.165, 1.54) is 24.4 Å². The van der Waals surface area contributed by atoms with Gasteiger partial charge in [0, 0.05) is 4.47 Å². The van der Waals surface area contributed by atoms with Crippen molar-refractivity contribution in [3.05, 3.63) is 69.9 Å². The van der Waals surface area contributed by atoms with Crippen LogP contribution in [0.2, 0.25) is 0 Å². The van der Waals surface area contributed by atoms with Crippen molar-refractivity contribution >= 4 is 34.0 Å². The fourth-order valence-corrected chi connectivity index (χ4v) is 1.93. The topological polar surface area (TPSA) is 70.6 Å². The zero-order chi connectivity index (χ0) is 16.7. The maximum Gasteiger partial charge on any atom is 0.259 e. The van der Waals surface area contributed by atoms with Crippen molar-refractivity contribution in [2.75, 3.05) is 6.54 Å². The molecule has 0 aliphatic rings. The summed E-state index contributed by atoms with van der Waals surface area (Å²) in [5.74, 6) is -1.81. The van der Waals surface area contributed by atoms with Crippen LogP contribution in [-0.4, -0.2) is 24.6 Å². The average Bonchev–Trinajstić information content (AvgIpc) is 2.55. The normalized spacial score (nSPS) is 10.5. The molecule has 0 atom stereocenters. The van der Waals surface area contributed by atoms with E-state index in [1.54, 1.807) is 6.07 Å². The van der Waals surface area contributed by atoms with Gasteiger partial charge in [-0.3, -0.25) is 9.59 Å². The van der Waals surface area contributed by atoms with Gasteiger partial charge < -0.3 is 5.32 Å². The van der Waals surface area contributed by atoms with Crippen LogP contribution in [0.25, 0.3) is 0 Å². The molecular weight excluding hydrogens is 365 g/mol. The molecule has 0 aromatic heterocycles. The largest absolute Gasteiger partial charge is 0.343 e. The van der Waals surface area contributed by atoms with Crippen LogP contribution in [0.4, 0.5) is 4.39 Å². The molecule has 118 valence electrons. The Labute approximate surface area is 140 Å². The van der Waals surface area contributed by atoms with Gasteiger partial charge in [-0.25, -0.2) is 9.82 Å². The number of hydrazone groups is 1. The summed E-state index contributed by atoms with van der Waals surface area (Å²) >= 11 is 3.31. The van der Waals surface area contributed by atoms with E-state index in [-0.39, 0.29) is 12.1 Å². The standard InChI is InChI=1S/C16H13BrFN3O2/c17-12-7-5-11(6-8-12)9-20-21-15(22)10-19-16(23)13-3-1-2-4-14(13)18/h1-9H,10H2,(H,19,23)(H,21,22). The zero-order valence-corrected chi connectivity index (χ0v) is 13.5. The van der Waals surface area contributed by atoms with Crippen molar-refractivity contribution in [1.29, 1.82) is 0 Å². The highest BCUT2D eigenvalue weighted by Gasteiger charge is 2.11. The van der Waals surface area contributed by atoms with Gasteiger partial charge in [0.25, 0.3) is 11.8 Å². The van der Waals surface area contributed by atoms with Gasteiger partial charge in [-0.15, -0.1) is 0 Å². The monoisotopic (exact) mass is 377 g/mol. The Balaban J connectivity index is 1.80. The summed E-state index contributed by atoms with van der Waals surface area (Å²) in [6.07, 6.45) is 1.48. The molecule has 5 nitrogen and oxygen atoms in total. The third kappa shape index (κ3) is 5.30. The van der Waals surface area contributed by atoms with Crippen LogP contribution < -0.4 is 10.7 Å². The Morgan fingerprint density at radius 1 is 1.13 bits per heavy atom. The number of rotatable bonds is 5. The minimum Gasteiger partial charge on any atom is -0.343 e. The number of hydrogen-bond acceptors (Lipinski definition) is 3. The molecule has 2 rings (SSSR count). The van der Waals surface area contributed by atoms with Gasteiger partial charge in [-0.2, -0.15) is 5.10 Å². The SMILES string of the molecule is O=C(CNC(=O)c1ccccc1F)NN=Cc1ccc(Br)cc1. The van der Waals surface area contributed by atoms with Crippen LogP contribution in [0.5, 0.6) is 0 Å². The molecule has 0 unspecified atom stereocenters. The Bertz CT molecular complexity index is 732. The molecule has 0 saturated carbocycles. The molecule has 0 saturated heterocycles. The quantitative estimate of drug-likeness (QED) is 0.620. The molecule has 23 heavy (non-hydrogen) atoms. The molecule has 0 bridgehead atoms. The summed E-state index contributed by atoms with van der Waals surface area (Å²) in [5, 5.41) is 6.10. The number of hydrogen-bond donors (Lipinski definition) is 2. The molecular formula is C16H13BrFN3O2. The highest BCUT2D eigenvalue weighted by Crippen LogP contribution is 2.09. The third-order valence-electron chi connectivity index (χ3n) is 2.80. The summed E-state index contributed by atoms with van der Waals surface area (Å²) in [4.78, 5) is 23.3. The Hall–Kier alpha value is -2.54. The minimum atomic E-state index is -0.657. The third-order valence-corrected chi connectivity index (χ3v) is 3.33. The summed E-state index contributed by atoms with van der Waals surface area (Å²) in [5.41, 5.74) is 2.97. The average molecular weight is 378 g/mol. The van der Waals surface area contributed by atoms with E-state index in [2.05, 4.69) is 31.8 Å². The molecule has 2 N–H and O–H groups in total. The fraction of sp³-hybridized carbons (Fsp3) is 0.0625. The zero-order valence-electron chi connectivity index (χ0n) is 11.9. The highest BCUT2D eigenvalue weighted by atomic mass is 79.9. The van der Waals surface area contributed by atoms with Gasteiger partial charge in [-0.1, -0.05) is 40.2 Å². The predicted octanol–water partition coefficient (Wildman–Crippen LogP) is 2.47. The molecule has 7 heteroatoms. The number of carbonyl (C=O) groups excluding carboxylic acids is 2. The first-order valence-corrected chi connectivity index (χ1v) is 7.46. The van der Waals surface area contributed by atoms with Gasteiger partial charge in [0.1, 0.15) is 5.82 Å². The minimum absolute atomic E-state index is 0.112. The lowest BCUT2D eigenvalue weighted by molar-refractivity contribution is -0.120. The first-order valence-electron chi connectivity index (χ1n) is 6.66. The summed E-state index contributed by atoms with van der Waals surface area (Å²) in [6, 6.07) is 12.9. The number of amides is 2. The number of halogens is 2. The molecule has 0 aliphatic heterocycles. The second-order valence-electron chi connectivity index (χ2n) is 4.51. The van der Waals surface area contributed by atoms with Crippen LogP contribution in [0.3, 0.4) is 0 Å². The van der Waals surface area contributed by atoms with E-state index in [4.69, 9.17) is 0 Å². The predicted molar refractivity (Wildman–Crippen MR) is 88.6 cm³/mol. The highest BCUT2D eigenvalue weighted by molar-refractivity contribution is 9.10. The van der Waals surface area contributed by atoms with Crippen LogP contribution in [0.1, 0.15) is 15.9 Å². The number of benzene rings is 2. The molecule has 2 aromatic carbocycles. The van der Waals surface area contributed by atoms with E-state index in [0.717, 1.165) is 10.0 Å². The molecule has 0 heterocycles. The van der Waals surface area contributed by atoms with Crippen molar-refractivity contribution in [1.82, 2.24) is 10.7 Å². The molecule has 0 aliphatic carbocycles. The second kappa shape index (κ2) is 8.19.